The average Bonchev–Trinajstić information content (AvgIpc) is 2.28. The predicted octanol–water partition coefficient (Wildman–Crippen LogP) is 3.21. The Morgan fingerprint density at radius 1 is 1.40 bits per heavy atom. The summed E-state index contributed by atoms with van der Waals surface area (Å²) in [6, 6.07) is 0.529. The van der Waals surface area contributed by atoms with Gasteiger partial charge in [-0.1, -0.05) is 27.2 Å². The van der Waals surface area contributed by atoms with Crippen LogP contribution in [0.25, 0.3) is 0 Å². The molecule has 1 rings (SSSR count). The zero-order valence-corrected chi connectivity index (χ0v) is 10.5. The van der Waals surface area contributed by atoms with Gasteiger partial charge in [0.05, 0.1) is 0 Å². The van der Waals surface area contributed by atoms with Crippen LogP contribution in [0.2, 0.25) is 0 Å². The normalized spacial score (nSPS) is 23.9. The van der Waals surface area contributed by atoms with E-state index in [0.717, 1.165) is 12.5 Å². The largest absolute Gasteiger partial charge is 0.340 e. The van der Waals surface area contributed by atoms with E-state index in [9.17, 15) is 4.79 Å². The number of hydrogen-bond acceptors (Lipinski definition) is 1. The molecule has 0 aliphatic carbocycles. The molecule has 1 heterocycles. The van der Waals surface area contributed by atoms with Gasteiger partial charge in [-0.15, -0.1) is 0 Å². The molecule has 0 bridgehead atoms. The van der Waals surface area contributed by atoms with Crippen LogP contribution in [0.5, 0.6) is 0 Å². The number of carbonyl (C=O) groups excluding carboxylic acids is 1. The first-order chi connectivity index (χ1) is 7.19. The van der Waals surface area contributed by atoms with Gasteiger partial charge in [0.2, 0.25) is 5.91 Å². The van der Waals surface area contributed by atoms with Crippen molar-refractivity contribution in [1.82, 2.24) is 4.90 Å². The smallest absolute Gasteiger partial charge is 0.222 e. The molecule has 1 unspecified atom stereocenters. The van der Waals surface area contributed by atoms with Crippen molar-refractivity contribution >= 4 is 5.91 Å². The van der Waals surface area contributed by atoms with E-state index in [1.807, 2.05) is 6.92 Å². The molecule has 15 heavy (non-hydrogen) atoms. The number of amides is 1. The highest BCUT2D eigenvalue weighted by Crippen LogP contribution is 2.24. The Hall–Kier alpha value is -0.530. The molecule has 1 amide bonds. The number of hydrogen-bond donors (Lipinski definition) is 0. The summed E-state index contributed by atoms with van der Waals surface area (Å²) in [6.07, 6.45) is 6.80. The van der Waals surface area contributed by atoms with Gasteiger partial charge in [0.1, 0.15) is 0 Å². The summed E-state index contributed by atoms with van der Waals surface area (Å²) in [5, 5.41) is 0. The third-order valence-electron chi connectivity index (χ3n) is 3.62. The van der Waals surface area contributed by atoms with Crippen LogP contribution in [0.4, 0.5) is 0 Å². The van der Waals surface area contributed by atoms with Crippen LogP contribution in [0.1, 0.15) is 59.3 Å². The van der Waals surface area contributed by atoms with Crippen molar-refractivity contribution in [3.8, 4) is 0 Å². The lowest BCUT2D eigenvalue weighted by atomic mass is 9.91. The molecule has 88 valence electrons. The highest BCUT2D eigenvalue weighted by Gasteiger charge is 2.26. The van der Waals surface area contributed by atoms with E-state index in [4.69, 9.17) is 0 Å². The summed E-state index contributed by atoms with van der Waals surface area (Å²) in [7, 11) is 0. The molecule has 1 saturated heterocycles. The lowest BCUT2D eigenvalue weighted by Crippen LogP contribution is -2.44. The Kier molecular flexibility index (Phi) is 5.13. The topological polar surface area (TPSA) is 20.3 Å². The number of nitrogens with zero attached hydrogens (tertiary/aromatic N) is 1. The first-order valence-corrected chi connectivity index (χ1v) is 6.48. The van der Waals surface area contributed by atoms with E-state index >= 15 is 0 Å². The molecule has 2 atom stereocenters. The first kappa shape index (κ1) is 12.5. The first-order valence-electron chi connectivity index (χ1n) is 6.48. The second-order valence-corrected chi connectivity index (χ2v) is 4.84. The minimum absolute atomic E-state index is 0.350. The Labute approximate surface area is 94.0 Å². The van der Waals surface area contributed by atoms with Crippen LogP contribution < -0.4 is 0 Å². The van der Waals surface area contributed by atoms with Crippen molar-refractivity contribution in [3.63, 3.8) is 0 Å². The van der Waals surface area contributed by atoms with Crippen LogP contribution in [0, 0.1) is 5.92 Å². The SMILES string of the molecule is CCC(=O)N1CCCC[C@H]1CC(C)CC. The minimum atomic E-state index is 0.350. The highest BCUT2D eigenvalue weighted by atomic mass is 16.2. The summed E-state index contributed by atoms with van der Waals surface area (Å²) in [6.45, 7) is 7.49. The summed E-state index contributed by atoms with van der Waals surface area (Å²) >= 11 is 0. The minimum Gasteiger partial charge on any atom is -0.340 e. The molecule has 0 radical (unpaired) electrons. The van der Waals surface area contributed by atoms with Gasteiger partial charge >= 0.3 is 0 Å². The van der Waals surface area contributed by atoms with Gasteiger partial charge in [-0.25, -0.2) is 0 Å². The number of piperidine rings is 1. The molecule has 0 spiro atoms. The van der Waals surface area contributed by atoms with Gasteiger partial charge in [-0.05, 0) is 31.6 Å². The Balaban J connectivity index is 2.53. The molecule has 0 aromatic heterocycles. The monoisotopic (exact) mass is 211 g/mol. The van der Waals surface area contributed by atoms with Gasteiger partial charge in [0.15, 0.2) is 0 Å². The van der Waals surface area contributed by atoms with Crippen LogP contribution in [0.3, 0.4) is 0 Å². The molecule has 0 saturated carbocycles. The molecule has 2 nitrogen and oxygen atoms in total. The van der Waals surface area contributed by atoms with E-state index in [0.29, 0.717) is 18.4 Å². The summed E-state index contributed by atoms with van der Waals surface area (Å²) < 4.78 is 0. The van der Waals surface area contributed by atoms with Crippen molar-refractivity contribution in [2.75, 3.05) is 6.54 Å². The molecule has 1 aliphatic heterocycles. The molecule has 0 aromatic carbocycles. The standard InChI is InChI=1S/C13H25NO/c1-4-11(3)10-12-8-6-7-9-14(12)13(15)5-2/h11-12H,4-10H2,1-3H3/t11?,12-/m0/s1. The third kappa shape index (κ3) is 3.51. The Morgan fingerprint density at radius 3 is 2.73 bits per heavy atom. The van der Waals surface area contributed by atoms with Crippen molar-refractivity contribution in [2.45, 2.75) is 65.3 Å². The Bertz CT molecular complexity index is 203. The van der Waals surface area contributed by atoms with Crippen molar-refractivity contribution in [2.24, 2.45) is 5.92 Å². The van der Waals surface area contributed by atoms with Crippen molar-refractivity contribution in [3.05, 3.63) is 0 Å². The van der Waals surface area contributed by atoms with E-state index < -0.39 is 0 Å². The molecular formula is C13H25NO. The summed E-state index contributed by atoms with van der Waals surface area (Å²) in [4.78, 5) is 13.9. The Morgan fingerprint density at radius 2 is 2.13 bits per heavy atom. The van der Waals surface area contributed by atoms with Gasteiger partial charge in [0, 0.05) is 19.0 Å². The summed E-state index contributed by atoms with van der Waals surface area (Å²) in [5.74, 6) is 1.10. The van der Waals surface area contributed by atoms with Gasteiger partial charge < -0.3 is 4.90 Å². The fourth-order valence-corrected chi connectivity index (χ4v) is 2.41. The molecular weight excluding hydrogens is 186 g/mol. The van der Waals surface area contributed by atoms with Crippen LogP contribution >= 0.6 is 0 Å². The van der Waals surface area contributed by atoms with Crippen LogP contribution in [-0.2, 0) is 4.79 Å². The van der Waals surface area contributed by atoms with E-state index in [-0.39, 0.29) is 0 Å². The maximum Gasteiger partial charge on any atom is 0.222 e. The fourth-order valence-electron chi connectivity index (χ4n) is 2.41. The van der Waals surface area contributed by atoms with E-state index in [1.54, 1.807) is 0 Å². The lowest BCUT2D eigenvalue weighted by molar-refractivity contribution is -0.134. The quantitative estimate of drug-likeness (QED) is 0.699. The predicted molar refractivity (Wildman–Crippen MR) is 63.7 cm³/mol. The highest BCUT2D eigenvalue weighted by molar-refractivity contribution is 5.76. The zero-order valence-electron chi connectivity index (χ0n) is 10.5. The maximum atomic E-state index is 11.8. The van der Waals surface area contributed by atoms with Gasteiger partial charge in [-0.3, -0.25) is 4.79 Å². The summed E-state index contributed by atoms with van der Waals surface area (Å²) in [5.41, 5.74) is 0. The van der Waals surface area contributed by atoms with Crippen LogP contribution in [0.15, 0.2) is 0 Å². The third-order valence-corrected chi connectivity index (χ3v) is 3.62. The molecule has 1 fully saturated rings. The van der Waals surface area contributed by atoms with Gasteiger partial charge in [0.25, 0.3) is 0 Å². The molecule has 0 aromatic rings. The maximum absolute atomic E-state index is 11.8. The van der Waals surface area contributed by atoms with E-state index in [2.05, 4.69) is 18.7 Å². The van der Waals surface area contributed by atoms with Crippen molar-refractivity contribution < 1.29 is 4.79 Å². The molecule has 1 aliphatic rings. The van der Waals surface area contributed by atoms with Gasteiger partial charge in [-0.2, -0.15) is 0 Å². The second-order valence-electron chi connectivity index (χ2n) is 4.84. The van der Waals surface area contributed by atoms with Crippen molar-refractivity contribution in [1.29, 1.82) is 0 Å². The zero-order chi connectivity index (χ0) is 11.3. The molecule has 2 heteroatoms. The van der Waals surface area contributed by atoms with Crippen LogP contribution in [-0.4, -0.2) is 23.4 Å². The molecule has 0 N–H and O–H groups in total. The number of likely N-dealkylation sites (tertiary alicyclic amines) is 1. The number of carbonyl (C=O) groups is 1. The lowest BCUT2D eigenvalue weighted by Gasteiger charge is -2.37. The average molecular weight is 211 g/mol. The second kappa shape index (κ2) is 6.14. The number of rotatable bonds is 4. The fraction of sp³-hybridized carbons (Fsp3) is 0.923. The van der Waals surface area contributed by atoms with E-state index in [1.165, 1.54) is 32.1 Å².